The zero-order chi connectivity index (χ0) is 14.9. The molecule has 0 atom stereocenters. The van der Waals surface area contributed by atoms with Gasteiger partial charge in [-0.25, -0.2) is 5.43 Å². The van der Waals surface area contributed by atoms with Crippen molar-refractivity contribution in [3.05, 3.63) is 59.9 Å². The van der Waals surface area contributed by atoms with E-state index in [9.17, 15) is 4.79 Å². The number of hydrazone groups is 1. The number of amides is 1. The van der Waals surface area contributed by atoms with Crippen molar-refractivity contribution in [3.63, 3.8) is 0 Å². The van der Waals surface area contributed by atoms with Gasteiger partial charge in [0.25, 0.3) is 5.91 Å². The number of hydrogen-bond donors (Lipinski definition) is 1. The van der Waals surface area contributed by atoms with E-state index < -0.39 is 0 Å². The van der Waals surface area contributed by atoms with Gasteiger partial charge in [-0.2, -0.15) is 5.10 Å². The first-order chi connectivity index (χ1) is 10.3. The summed E-state index contributed by atoms with van der Waals surface area (Å²) in [7, 11) is 0. The molecule has 0 aliphatic heterocycles. The van der Waals surface area contributed by atoms with Crippen LogP contribution in [-0.4, -0.2) is 23.7 Å². The number of nitrogens with one attached hydrogen (secondary N) is 1. The van der Waals surface area contributed by atoms with Crippen LogP contribution in [0.25, 0.3) is 0 Å². The Bertz CT molecular complexity index is 595. The molecule has 1 heterocycles. The number of rotatable bonds is 6. The van der Waals surface area contributed by atoms with E-state index in [1.165, 1.54) is 6.20 Å². The third-order valence-corrected chi connectivity index (χ3v) is 2.66. The lowest BCUT2D eigenvalue weighted by atomic mass is 10.2. The van der Waals surface area contributed by atoms with Crippen LogP contribution >= 0.6 is 0 Å². The van der Waals surface area contributed by atoms with Gasteiger partial charge in [0.05, 0.1) is 18.4 Å². The number of aromatic nitrogens is 1. The van der Waals surface area contributed by atoms with Crippen molar-refractivity contribution in [2.75, 3.05) is 6.61 Å². The number of ether oxygens (including phenoxy) is 1. The van der Waals surface area contributed by atoms with E-state index in [4.69, 9.17) is 4.74 Å². The molecule has 0 aliphatic carbocycles. The first-order valence-electron chi connectivity index (χ1n) is 6.76. The van der Waals surface area contributed by atoms with E-state index in [0.717, 1.165) is 17.7 Å². The highest BCUT2D eigenvalue weighted by Gasteiger charge is 2.02. The quantitative estimate of drug-likeness (QED) is 0.654. The van der Waals surface area contributed by atoms with Crippen LogP contribution in [-0.2, 0) is 0 Å². The van der Waals surface area contributed by atoms with Crippen molar-refractivity contribution < 1.29 is 9.53 Å². The van der Waals surface area contributed by atoms with Gasteiger partial charge < -0.3 is 4.74 Å². The first kappa shape index (κ1) is 14.7. The molecular formula is C16H17N3O2. The summed E-state index contributed by atoms with van der Waals surface area (Å²) in [6.07, 6.45) is 5.66. The molecule has 1 aromatic carbocycles. The minimum atomic E-state index is -0.290. The summed E-state index contributed by atoms with van der Waals surface area (Å²) in [5, 5.41) is 3.92. The van der Waals surface area contributed by atoms with E-state index in [1.807, 2.05) is 24.3 Å². The first-order valence-corrected chi connectivity index (χ1v) is 6.76. The molecule has 0 aliphatic rings. The summed E-state index contributed by atoms with van der Waals surface area (Å²) < 4.78 is 5.49. The van der Waals surface area contributed by atoms with Crippen LogP contribution in [0.4, 0.5) is 0 Å². The molecule has 108 valence electrons. The number of carbonyl (C=O) groups excluding carboxylic acids is 1. The molecule has 5 heteroatoms. The van der Waals surface area contributed by atoms with E-state index in [1.54, 1.807) is 24.5 Å². The predicted molar refractivity (Wildman–Crippen MR) is 81.5 cm³/mol. The molecule has 0 saturated carbocycles. The second-order valence-corrected chi connectivity index (χ2v) is 4.36. The Balaban J connectivity index is 1.88. The van der Waals surface area contributed by atoms with Gasteiger partial charge in [0.1, 0.15) is 5.75 Å². The molecule has 1 aromatic heterocycles. The summed E-state index contributed by atoms with van der Waals surface area (Å²) in [6, 6.07) is 10.9. The number of benzene rings is 1. The Morgan fingerprint density at radius 1 is 1.33 bits per heavy atom. The minimum Gasteiger partial charge on any atom is -0.494 e. The molecule has 0 fully saturated rings. The Kier molecular flexibility index (Phi) is 5.46. The summed E-state index contributed by atoms with van der Waals surface area (Å²) in [4.78, 5) is 15.6. The maximum absolute atomic E-state index is 11.7. The molecular weight excluding hydrogens is 266 g/mol. The fourth-order valence-corrected chi connectivity index (χ4v) is 1.60. The molecule has 0 spiro atoms. The maximum atomic E-state index is 11.7. The highest BCUT2D eigenvalue weighted by Crippen LogP contribution is 2.11. The van der Waals surface area contributed by atoms with Gasteiger partial charge in [0, 0.05) is 12.4 Å². The number of hydrogen-bond acceptors (Lipinski definition) is 4. The molecule has 5 nitrogen and oxygen atoms in total. The van der Waals surface area contributed by atoms with Crippen molar-refractivity contribution >= 4 is 12.1 Å². The lowest BCUT2D eigenvalue weighted by Gasteiger charge is -2.03. The second-order valence-electron chi connectivity index (χ2n) is 4.36. The summed E-state index contributed by atoms with van der Waals surface area (Å²) >= 11 is 0. The van der Waals surface area contributed by atoms with Crippen LogP contribution < -0.4 is 10.2 Å². The Morgan fingerprint density at radius 3 is 2.81 bits per heavy atom. The molecule has 0 bridgehead atoms. The zero-order valence-corrected chi connectivity index (χ0v) is 11.8. The van der Waals surface area contributed by atoms with Gasteiger partial charge in [-0.05, 0) is 48.4 Å². The number of carbonyl (C=O) groups is 1. The SMILES string of the molecule is CCCOc1ccc(/C=N\NC(=O)c2cccnc2)cc1. The van der Waals surface area contributed by atoms with Gasteiger partial charge in [-0.3, -0.25) is 9.78 Å². The summed E-state index contributed by atoms with van der Waals surface area (Å²) in [6.45, 7) is 2.76. The van der Waals surface area contributed by atoms with Crippen molar-refractivity contribution in [1.29, 1.82) is 0 Å². The van der Waals surface area contributed by atoms with E-state index in [-0.39, 0.29) is 5.91 Å². The number of nitrogens with zero attached hydrogens (tertiary/aromatic N) is 2. The standard InChI is InChI=1S/C16H17N3O2/c1-2-10-21-15-7-5-13(6-8-15)11-18-19-16(20)14-4-3-9-17-12-14/h3-9,11-12H,2,10H2,1H3,(H,19,20)/b18-11-. The lowest BCUT2D eigenvalue weighted by molar-refractivity contribution is 0.0955. The predicted octanol–water partition coefficient (Wildman–Crippen LogP) is 2.63. The van der Waals surface area contributed by atoms with Crippen molar-refractivity contribution in [2.24, 2.45) is 5.10 Å². The molecule has 2 aromatic rings. The van der Waals surface area contributed by atoms with Crippen LogP contribution in [0.3, 0.4) is 0 Å². The Hall–Kier alpha value is -2.69. The fourth-order valence-electron chi connectivity index (χ4n) is 1.60. The van der Waals surface area contributed by atoms with Crippen molar-refractivity contribution in [2.45, 2.75) is 13.3 Å². The van der Waals surface area contributed by atoms with Crippen molar-refractivity contribution in [1.82, 2.24) is 10.4 Å². The monoisotopic (exact) mass is 283 g/mol. The highest BCUT2D eigenvalue weighted by atomic mass is 16.5. The largest absolute Gasteiger partial charge is 0.494 e. The Labute approximate surface area is 123 Å². The molecule has 21 heavy (non-hydrogen) atoms. The molecule has 2 rings (SSSR count). The van der Waals surface area contributed by atoms with Gasteiger partial charge in [-0.1, -0.05) is 6.92 Å². The van der Waals surface area contributed by atoms with Gasteiger partial charge in [0.15, 0.2) is 0 Å². The Morgan fingerprint density at radius 2 is 2.14 bits per heavy atom. The lowest BCUT2D eigenvalue weighted by Crippen LogP contribution is -2.17. The molecule has 0 saturated heterocycles. The summed E-state index contributed by atoms with van der Waals surface area (Å²) in [5.74, 6) is 0.538. The average Bonchev–Trinajstić information content (AvgIpc) is 2.55. The molecule has 0 radical (unpaired) electrons. The van der Waals surface area contributed by atoms with Crippen LogP contribution in [0.15, 0.2) is 53.9 Å². The highest BCUT2D eigenvalue weighted by molar-refractivity contribution is 5.94. The van der Waals surface area contributed by atoms with Gasteiger partial charge in [-0.15, -0.1) is 0 Å². The van der Waals surface area contributed by atoms with Crippen LogP contribution in [0.2, 0.25) is 0 Å². The molecule has 1 N–H and O–H groups in total. The zero-order valence-electron chi connectivity index (χ0n) is 11.8. The van der Waals surface area contributed by atoms with Crippen LogP contribution in [0.1, 0.15) is 29.3 Å². The smallest absolute Gasteiger partial charge is 0.272 e. The molecule has 1 amide bonds. The van der Waals surface area contributed by atoms with E-state index in [0.29, 0.717) is 12.2 Å². The second kappa shape index (κ2) is 7.79. The minimum absolute atomic E-state index is 0.290. The van der Waals surface area contributed by atoms with Crippen LogP contribution in [0.5, 0.6) is 5.75 Å². The molecule has 0 unspecified atom stereocenters. The van der Waals surface area contributed by atoms with Gasteiger partial charge in [0.2, 0.25) is 0 Å². The van der Waals surface area contributed by atoms with E-state index >= 15 is 0 Å². The maximum Gasteiger partial charge on any atom is 0.272 e. The normalized spacial score (nSPS) is 10.5. The fraction of sp³-hybridized carbons (Fsp3) is 0.188. The van der Waals surface area contributed by atoms with Crippen LogP contribution in [0, 0.1) is 0 Å². The van der Waals surface area contributed by atoms with E-state index in [2.05, 4.69) is 22.4 Å². The topological polar surface area (TPSA) is 63.6 Å². The van der Waals surface area contributed by atoms with Gasteiger partial charge >= 0.3 is 0 Å². The third-order valence-electron chi connectivity index (χ3n) is 2.66. The summed E-state index contributed by atoms with van der Waals surface area (Å²) in [5.41, 5.74) is 3.81. The number of pyridine rings is 1. The van der Waals surface area contributed by atoms with Crippen molar-refractivity contribution in [3.8, 4) is 5.75 Å². The third kappa shape index (κ3) is 4.72. The average molecular weight is 283 g/mol.